The standard InChI is InChI=1S/C14H19ClFNO2/c15-12-5-1-4-10(13(12)16)11(7-17)14(18)9-3-2-6-19-8-9/h1,4-5,9,11,14,18H,2-3,6-8,17H2. The van der Waals surface area contributed by atoms with Crippen molar-refractivity contribution in [3.05, 3.63) is 34.6 Å². The first-order chi connectivity index (χ1) is 9.15. The minimum atomic E-state index is -0.710. The van der Waals surface area contributed by atoms with Crippen molar-refractivity contribution in [2.24, 2.45) is 11.7 Å². The number of hydrogen-bond donors (Lipinski definition) is 2. The molecule has 1 aromatic carbocycles. The Labute approximate surface area is 117 Å². The van der Waals surface area contributed by atoms with Crippen molar-refractivity contribution in [3.8, 4) is 0 Å². The molecule has 3 unspecified atom stereocenters. The van der Waals surface area contributed by atoms with Gasteiger partial charge in [0, 0.05) is 25.0 Å². The molecule has 0 spiro atoms. The van der Waals surface area contributed by atoms with Gasteiger partial charge in [0.15, 0.2) is 0 Å². The summed E-state index contributed by atoms with van der Waals surface area (Å²) in [4.78, 5) is 0. The lowest BCUT2D eigenvalue weighted by molar-refractivity contribution is -0.0188. The SMILES string of the molecule is NCC(c1cccc(Cl)c1F)C(O)C1CCCOC1. The van der Waals surface area contributed by atoms with Crippen LogP contribution in [0.3, 0.4) is 0 Å². The van der Waals surface area contributed by atoms with Crippen LogP contribution in [0.4, 0.5) is 4.39 Å². The highest BCUT2D eigenvalue weighted by atomic mass is 35.5. The van der Waals surface area contributed by atoms with Crippen LogP contribution in [0.2, 0.25) is 5.02 Å². The van der Waals surface area contributed by atoms with Crippen LogP contribution in [0.5, 0.6) is 0 Å². The summed E-state index contributed by atoms with van der Waals surface area (Å²) in [5.41, 5.74) is 6.10. The average Bonchev–Trinajstić information content (AvgIpc) is 2.45. The lowest BCUT2D eigenvalue weighted by atomic mass is 9.83. The third kappa shape index (κ3) is 3.26. The van der Waals surface area contributed by atoms with E-state index in [1.165, 1.54) is 6.07 Å². The molecule has 0 aliphatic carbocycles. The summed E-state index contributed by atoms with van der Waals surface area (Å²) >= 11 is 5.78. The largest absolute Gasteiger partial charge is 0.392 e. The molecule has 106 valence electrons. The van der Waals surface area contributed by atoms with E-state index in [2.05, 4.69) is 0 Å². The van der Waals surface area contributed by atoms with Gasteiger partial charge in [0.1, 0.15) is 5.82 Å². The molecule has 5 heteroatoms. The monoisotopic (exact) mass is 287 g/mol. The molecule has 3 N–H and O–H groups in total. The smallest absolute Gasteiger partial charge is 0.145 e. The molecule has 1 fully saturated rings. The van der Waals surface area contributed by atoms with Crippen molar-refractivity contribution in [2.45, 2.75) is 24.9 Å². The topological polar surface area (TPSA) is 55.5 Å². The number of nitrogens with two attached hydrogens (primary N) is 1. The van der Waals surface area contributed by atoms with Gasteiger partial charge in [-0.25, -0.2) is 4.39 Å². The molecule has 2 rings (SSSR count). The maximum Gasteiger partial charge on any atom is 0.145 e. The molecule has 3 atom stereocenters. The van der Waals surface area contributed by atoms with Gasteiger partial charge in [0.25, 0.3) is 0 Å². The van der Waals surface area contributed by atoms with E-state index in [0.29, 0.717) is 12.2 Å². The van der Waals surface area contributed by atoms with Crippen molar-refractivity contribution in [1.29, 1.82) is 0 Å². The van der Waals surface area contributed by atoms with Gasteiger partial charge in [-0.05, 0) is 24.5 Å². The molecule has 1 aliphatic heterocycles. The lowest BCUT2D eigenvalue weighted by Gasteiger charge is -2.32. The fraction of sp³-hybridized carbons (Fsp3) is 0.571. The molecular formula is C14H19ClFNO2. The Morgan fingerprint density at radius 3 is 2.95 bits per heavy atom. The fourth-order valence-corrected chi connectivity index (χ4v) is 2.80. The van der Waals surface area contributed by atoms with Gasteiger partial charge in [0.05, 0.1) is 17.7 Å². The zero-order chi connectivity index (χ0) is 13.8. The molecule has 0 aromatic heterocycles. The molecule has 0 amide bonds. The van der Waals surface area contributed by atoms with E-state index in [0.717, 1.165) is 19.4 Å². The van der Waals surface area contributed by atoms with Crippen LogP contribution >= 0.6 is 11.6 Å². The molecule has 0 radical (unpaired) electrons. The second kappa shape index (κ2) is 6.66. The van der Waals surface area contributed by atoms with E-state index in [1.807, 2.05) is 0 Å². The van der Waals surface area contributed by atoms with E-state index in [9.17, 15) is 9.50 Å². The molecule has 0 saturated carbocycles. The fourth-order valence-electron chi connectivity index (χ4n) is 2.62. The maximum absolute atomic E-state index is 14.0. The lowest BCUT2D eigenvalue weighted by Crippen LogP contribution is -2.37. The number of rotatable bonds is 4. The Hall–Kier alpha value is -0.680. The second-order valence-electron chi connectivity index (χ2n) is 4.95. The number of hydrogen-bond acceptors (Lipinski definition) is 3. The molecular weight excluding hydrogens is 269 g/mol. The van der Waals surface area contributed by atoms with E-state index in [4.69, 9.17) is 22.1 Å². The van der Waals surface area contributed by atoms with E-state index in [-0.39, 0.29) is 17.5 Å². The van der Waals surface area contributed by atoms with Crippen molar-refractivity contribution >= 4 is 11.6 Å². The Morgan fingerprint density at radius 2 is 2.32 bits per heavy atom. The third-order valence-corrected chi connectivity index (χ3v) is 4.02. The number of halogens is 2. The molecule has 3 nitrogen and oxygen atoms in total. The van der Waals surface area contributed by atoms with Crippen LogP contribution in [0.15, 0.2) is 18.2 Å². The maximum atomic E-state index is 14.0. The van der Waals surface area contributed by atoms with E-state index < -0.39 is 17.8 Å². The summed E-state index contributed by atoms with van der Waals surface area (Å²) in [6.07, 6.45) is 1.08. The van der Waals surface area contributed by atoms with Crippen molar-refractivity contribution in [2.75, 3.05) is 19.8 Å². The van der Waals surface area contributed by atoms with Crippen LogP contribution in [-0.4, -0.2) is 31.0 Å². The van der Waals surface area contributed by atoms with Gasteiger partial charge in [-0.1, -0.05) is 23.7 Å². The first-order valence-electron chi connectivity index (χ1n) is 6.55. The zero-order valence-corrected chi connectivity index (χ0v) is 11.4. The molecule has 1 aliphatic rings. The predicted molar refractivity (Wildman–Crippen MR) is 72.8 cm³/mol. The zero-order valence-electron chi connectivity index (χ0n) is 10.7. The molecule has 0 bridgehead atoms. The summed E-state index contributed by atoms with van der Waals surface area (Å²) < 4.78 is 19.4. The van der Waals surface area contributed by atoms with Gasteiger partial charge in [0.2, 0.25) is 0 Å². The normalized spacial score (nSPS) is 23.1. The van der Waals surface area contributed by atoms with Crippen molar-refractivity contribution < 1.29 is 14.2 Å². The number of ether oxygens (including phenoxy) is 1. The molecule has 1 heterocycles. The number of aliphatic hydroxyl groups excluding tert-OH is 1. The van der Waals surface area contributed by atoms with Gasteiger partial charge in [-0.3, -0.25) is 0 Å². The number of aliphatic hydroxyl groups is 1. The predicted octanol–water partition coefficient (Wildman–Crippen LogP) is 2.31. The highest BCUT2D eigenvalue weighted by Crippen LogP contribution is 2.31. The van der Waals surface area contributed by atoms with Crippen LogP contribution in [0.25, 0.3) is 0 Å². The van der Waals surface area contributed by atoms with Crippen LogP contribution in [0, 0.1) is 11.7 Å². The summed E-state index contributed by atoms with van der Waals surface area (Å²) in [5, 5.41) is 10.5. The van der Waals surface area contributed by atoms with Gasteiger partial charge >= 0.3 is 0 Å². The summed E-state index contributed by atoms with van der Waals surface area (Å²) in [6.45, 7) is 1.40. The van der Waals surface area contributed by atoms with Gasteiger partial charge in [-0.2, -0.15) is 0 Å². The minimum Gasteiger partial charge on any atom is -0.392 e. The summed E-state index contributed by atoms with van der Waals surface area (Å²) in [5.74, 6) is -0.943. The summed E-state index contributed by atoms with van der Waals surface area (Å²) in [6, 6.07) is 4.79. The Bertz CT molecular complexity index is 424. The second-order valence-corrected chi connectivity index (χ2v) is 5.36. The van der Waals surface area contributed by atoms with Gasteiger partial charge in [-0.15, -0.1) is 0 Å². The molecule has 19 heavy (non-hydrogen) atoms. The quantitative estimate of drug-likeness (QED) is 0.893. The molecule has 1 saturated heterocycles. The molecule has 1 aromatic rings. The van der Waals surface area contributed by atoms with Crippen molar-refractivity contribution in [1.82, 2.24) is 0 Å². The van der Waals surface area contributed by atoms with Crippen molar-refractivity contribution in [3.63, 3.8) is 0 Å². The minimum absolute atomic E-state index is 0.000631. The average molecular weight is 288 g/mol. The first kappa shape index (κ1) is 14.7. The van der Waals surface area contributed by atoms with Crippen LogP contribution in [-0.2, 0) is 4.74 Å². The van der Waals surface area contributed by atoms with E-state index in [1.54, 1.807) is 12.1 Å². The summed E-state index contributed by atoms with van der Waals surface area (Å²) in [7, 11) is 0. The van der Waals surface area contributed by atoms with Crippen LogP contribution in [0.1, 0.15) is 24.3 Å². The highest BCUT2D eigenvalue weighted by Gasteiger charge is 2.31. The van der Waals surface area contributed by atoms with E-state index >= 15 is 0 Å². The third-order valence-electron chi connectivity index (χ3n) is 3.73. The van der Waals surface area contributed by atoms with Gasteiger partial charge < -0.3 is 15.6 Å². The Balaban J connectivity index is 2.20. The Kier molecular flexibility index (Phi) is 5.16. The van der Waals surface area contributed by atoms with Crippen LogP contribution < -0.4 is 5.73 Å². The Morgan fingerprint density at radius 1 is 1.53 bits per heavy atom. The first-order valence-corrected chi connectivity index (χ1v) is 6.92. The number of benzene rings is 1. The highest BCUT2D eigenvalue weighted by molar-refractivity contribution is 6.30.